The van der Waals surface area contributed by atoms with E-state index in [9.17, 15) is 4.79 Å². The molecule has 0 aliphatic rings. The number of nitrogens with one attached hydrogen (secondary N) is 1. The Morgan fingerprint density at radius 2 is 2.33 bits per heavy atom. The quantitative estimate of drug-likeness (QED) is 0.863. The molecule has 18 heavy (non-hydrogen) atoms. The fraction of sp³-hybridized carbons (Fsp3) is 0.250. The summed E-state index contributed by atoms with van der Waals surface area (Å²) in [6, 6.07) is 3.27. The van der Waals surface area contributed by atoms with Gasteiger partial charge in [-0.15, -0.1) is 0 Å². The number of nitrogens with zero attached hydrogens (tertiary/aromatic N) is 2. The molecule has 2 rings (SSSR count). The molecule has 0 atom stereocenters. The van der Waals surface area contributed by atoms with E-state index < -0.39 is 0 Å². The summed E-state index contributed by atoms with van der Waals surface area (Å²) in [6.07, 6.45) is 4.51. The Morgan fingerprint density at radius 3 is 3.00 bits per heavy atom. The van der Waals surface area contributed by atoms with E-state index in [1.807, 2.05) is 6.92 Å². The van der Waals surface area contributed by atoms with E-state index in [2.05, 4.69) is 20.0 Å². The number of aromatic nitrogens is 2. The second kappa shape index (κ2) is 5.64. The zero-order valence-corrected chi connectivity index (χ0v) is 10.6. The van der Waals surface area contributed by atoms with Gasteiger partial charge < -0.3 is 9.84 Å². The van der Waals surface area contributed by atoms with Gasteiger partial charge in [0, 0.05) is 11.3 Å². The Morgan fingerprint density at radius 1 is 1.50 bits per heavy atom. The molecule has 0 fully saturated rings. The monoisotopic (exact) mass is 265 g/mol. The summed E-state index contributed by atoms with van der Waals surface area (Å²) in [6.45, 7) is 2.04. The molecule has 0 unspecified atom stereocenters. The van der Waals surface area contributed by atoms with Crippen molar-refractivity contribution < 1.29 is 9.32 Å². The van der Waals surface area contributed by atoms with E-state index in [4.69, 9.17) is 11.6 Å². The third-order valence-electron chi connectivity index (χ3n) is 2.31. The first-order valence-electron chi connectivity index (χ1n) is 5.56. The standard InChI is InChI=1S/C12H12ClN3O2/c1-2-3-9-4-8(5-11(13)15-9)12(17)16-10-6-14-18-7-10/h4-7H,2-3H2,1H3,(H,16,17). The third kappa shape index (κ3) is 3.07. The predicted octanol–water partition coefficient (Wildman–Crippen LogP) is 2.93. The first-order chi connectivity index (χ1) is 8.69. The number of carbonyl (C=O) groups is 1. The summed E-state index contributed by atoms with van der Waals surface area (Å²) in [5.41, 5.74) is 1.78. The van der Waals surface area contributed by atoms with Crippen LogP contribution in [0.3, 0.4) is 0 Å². The summed E-state index contributed by atoms with van der Waals surface area (Å²) in [5, 5.41) is 6.47. The van der Waals surface area contributed by atoms with Crippen molar-refractivity contribution in [2.24, 2.45) is 0 Å². The summed E-state index contributed by atoms with van der Waals surface area (Å²) >= 11 is 5.89. The van der Waals surface area contributed by atoms with Gasteiger partial charge in [-0.3, -0.25) is 4.79 Å². The molecule has 0 saturated carbocycles. The average Bonchev–Trinajstić information content (AvgIpc) is 2.81. The molecule has 0 aliphatic heterocycles. The van der Waals surface area contributed by atoms with E-state index in [1.165, 1.54) is 18.5 Å². The molecular formula is C12H12ClN3O2. The van der Waals surface area contributed by atoms with E-state index in [1.54, 1.807) is 6.07 Å². The van der Waals surface area contributed by atoms with Gasteiger partial charge in [-0.2, -0.15) is 0 Å². The molecule has 1 N–H and O–H groups in total. The number of rotatable bonds is 4. The van der Waals surface area contributed by atoms with Gasteiger partial charge in [0.25, 0.3) is 5.91 Å². The predicted molar refractivity (Wildman–Crippen MR) is 67.7 cm³/mol. The smallest absolute Gasteiger partial charge is 0.255 e. The van der Waals surface area contributed by atoms with Crippen LogP contribution in [-0.2, 0) is 6.42 Å². The maximum absolute atomic E-state index is 12.0. The molecular weight excluding hydrogens is 254 g/mol. The van der Waals surface area contributed by atoms with E-state index in [0.29, 0.717) is 16.4 Å². The van der Waals surface area contributed by atoms with Gasteiger partial charge in [-0.05, 0) is 18.6 Å². The Bertz CT molecular complexity index is 540. The van der Waals surface area contributed by atoms with Crippen LogP contribution in [0.2, 0.25) is 5.15 Å². The zero-order valence-electron chi connectivity index (χ0n) is 9.81. The third-order valence-corrected chi connectivity index (χ3v) is 2.50. The fourth-order valence-corrected chi connectivity index (χ4v) is 1.76. The summed E-state index contributed by atoms with van der Waals surface area (Å²) < 4.78 is 4.63. The maximum atomic E-state index is 12.0. The topological polar surface area (TPSA) is 68.0 Å². The largest absolute Gasteiger partial charge is 0.363 e. The molecule has 0 aromatic carbocycles. The highest BCUT2D eigenvalue weighted by molar-refractivity contribution is 6.29. The van der Waals surface area contributed by atoms with Crippen molar-refractivity contribution in [1.82, 2.24) is 10.1 Å². The van der Waals surface area contributed by atoms with Gasteiger partial charge in [0.2, 0.25) is 0 Å². The highest BCUT2D eigenvalue weighted by atomic mass is 35.5. The Labute approximate surface area is 109 Å². The first-order valence-corrected chi connectivity index (χ1v) is 5.94. The molecule has 2 aromatic heterocycles. The highest BCUT2D eigenvalue weighted by Gasteiger charge is 2.10. The molecule has 2 aromatic rings. The zero-order chi connectivity index (χ0) is 13.0. The average molecular weight is 266 g/mol. The summed E-state index contributed by atoms with van der Waals surface area (Å²) in [5.74, 6) is -0.264. The number of anilines is 1. The van der Waals surface area contributed by atoms with Gasteiger partial charge in [0.1, 0.15) is 17.1 Å². The number of halogens is 1. The number of pyridine rings is 1. The van der Waals surface area contributed by atoms with Crippen LogP contribution in [0.25, 0.3) is 0 Å². The van der Waals surface area contributed by atoms with Gasteiger partial charge in [-0.1, -0.05) is 30.1 Å². The minimum Gasteiger partial charge on any atom is -0.363 e. The number of aryl methyl sites for hydroxylation is 1. The van der Waals surface area contributed by atoms with E-state index in [0.717, 1.165) is 18.5 Å². The van der Waals surface area contributed by atoms with Crippen LogP contribution >= 0.6 is 11.6 Å². The Hall–Kier alpha value is -1.88. The first kappa shape index (κ1) is 12.6. The number of hydrogen-bond acceptors (Lipinski definition) is 4. The van der Waals surface area contributed by atoms with E-state index >= 15 is 0 Å². The molecule has 0 aliphatic carbocycles. The lowest BCUT2D eigenvalue weighted by molar-refractivity contribution is 0.102. The van der Waals surface area contributed by atoms with Crippen molar-refractivity contribution in [3.8, 4) is 0 Å². The number of carbonyl (C=O) groups excluding carboxylic acids is 1. The normalized spacial score (nSPS) is 10.3. The number of hydrogen-bond donors (Lipinski definition) is 1. The Kier molecular flexibility index (Phi) is 3.94. The van der Waals surface area contributed by atoms with Crippen LogP contribution in [0.5, 0.6) is 0 Å². The molecule has 0 radical (unpaired) electrons. The lowest BCUT2D eigenvalue weighted by atomic mass is 10.1. The second-order valence-corrected chi connectivity index (χ2v) is 4.17. The van der Waals surface area contributed by atoms with Gasteiger partial charge in [-0.25, -0.2) is 4.98 Å². The molecule has 6 heteroatoms. The molecule has 2 heterocycles. The number of amides is 1. The van der Waals surface area contributed by atoms with Crippen molar-refractivity contribution in [2.45, 2.75) is 19.8 Å². The van der Waals surface area contributed by atoms with Crippen molar-refractivity contribution >= 4 is 23.2 Å². The van der Waals surface area contributed by atoms with Crippen LogP contribution in [0.4, 0.5) is 5.69 Å². The van der Waals surface area contributed by atoms with Crippen molar-refractivity contribution in [3.05, 3.63) is 41.0 Å². The SMILES string of the molecule is CCCc1cc(C(=O)Nc2cnoc2)cc(Cl)n1. The van der Waals surface area contributed by atoms with Gasteiger partial charge in [0.05, 0.1) is 6.20 Å². The summed E-state index contributed by atoms with van der Waals surface area (Å²) in [7, 11) is 0. The summed E-state index contributed by atoms with van der Waals surface area (Å²) in [4.78, 5) is 16.1. The maximum Gasteiger partial charge on any atom is 0.255 e. The van der Waals surface area contributed by atoms with Gasteiger partial charge in [0.15, 0.2) is 0 Å². The Balaban J connectivity index is 2.19. The van der Waals surface area contributed by atoms with Crippen LogP contribution in [-0.4, -0.2) is 16.0 Å². The van der Waals surface area contributed by atoms with Crippen molar-refractivity contribution in [2.75, 3.05) is 5.32 Å². The minimum atomic E-state index is -0.264. The van der Waals surface area contributed by atoms with Crippen LogP contribution < -0.4 is 5.32 Å². The second-order valence-electron chi connectivity index (χ2n) is 3.79. The fourth-order valence-electron chi connectivity index (χ4n) is 1.54. The minimum absolute atomic E-state index is 0.264. The van der Waals surface area contributed by atoms with Crippen LogP contribution in [0.1, 0.15) is 29.4 Å². The van der Waals surface area contributed by atoms with Crippen molar-refractivity contribution in [3.63, 3.8) is 0 Å². The van der Waals surface area contributed by atoms with Crippen LogP contribution in [0, 0.1) is 0 Å². The van der Waals surface area contributed by atoms with Crippen molar-refractivity contribution in [1.29, 1.82) is 0 Å². The molecule has 5 nitrogen and oxygen atoms in total. The lowest BCUT2D eigenvalue weighted by Crippen LogP contribution is -2.12. The van der Waals surface area contributed by atoms with Gasteiger partial charge >= 0.3 is 0 Å². The molecule has 94 valence electrons. The van der Waals surface area contributed by atoms with E-state index in [-0.39, 0.29) is 5.91 Å². The molecule has 0 saturated heterocycles. The molecule has 1 amide bonds. The molecule has 0 spiro atoms. The lowest BCUT2D eigenvalue weighted by Gasteiger charge is -2.05. The van der Waals surface area contributed by atoms with Crippen LogP contribution in [0.15, 0.2) is 29.1 Å². The highest BCUT2D eigenvalue weighted by Crippen LogP contribution is 2.14. The molecule has 0 bridgehead atoms.